The Balaban J connectivity index is 1.80. The summed E-state index contributed by atoms with van der Waals surface area (Å²) < 4.78 is 5.50. The first kappa shape index (κ1) is 15.0. The second-order valence-electron chi connectivity index (χ2n) is 5.97. The Bertz CT molecular complexity index is 419. The summed E-state index contributed by atoms with van der Waals surface area (Å²) in [5, 5.41) is 2.95. The van der Waals surface area contributed by atoms with Crippen molar-refractivity contribution in [2.75, 3.05) is 13.2 Å². The molecule has 110 valence electrons. The van der Waals surface area contributed by atoms with Gasteiger partial charge < -0.3 is 10.1 Å². The second kappa shape index (κ2) is 7.44. The van der Waals surface area contributed by atoms with Gasteiger partial charge in [0, 0.05) is 18.7 Å². The van der Waals surface area contributed by atoms with Crippen molar-refractivity contribution < 1.29 is 9.53 Å². The van der Waals surface area contributed by atoms with E-state index >= 15 is 0 Å². The third-order valence-corrected chi connectivity index (χ3v) is 3.74. The SMILES string of the molecule is CC(C)CCc1ccc(C(=O)NCC2CCCO2)cc1. The maximum atomic E-state index is 12.0. The highest BCUT2D eigenvalue weighted by molar-refractivity contribution is 5.94. The van der Waals surface area contributed by atoms with Crippen molar-refractivity contribution in [2.45, 2.75) is 45.6 Å². The average Bonchev–Trinajstić information content (AvgIpc) is 2.96. The molecule has 1 aliphatic heterocycles. The molecule has 1 saturated heterocycles. The van der Waals surface area contributed by atoms with Crippen molar-refractivity contribution in [3.05, 3.63) is 35.4 Å². The lowest BCUT2D eigenvalue weighted by atomic mass is 10.0. The molecule has 0 saturated carbocycles. The van der Waals surface area contributed by atoms with Gasteiger partial charge in [-0.05, 0) is 49.3 Å². The van der Waals surface area contributed by atoms with Gasteiger partial charge in [-0.3, -0.25) is 4.79 Å². The van der Waals surface area contributed by atoms with Crippen LogP contribution in [0.5, 0.6) is 0 Å². The molecule has 20 heavy (non-hydrogen) atoms. The fourth-order valence-corrected chi connectivity index (χ4v) is 2.39. The van der Waals surface area contributed by atoms with Crippen molar-refractivity contribution in [1.29, 1.82) is 0 Å². The molecule has 2 rings (SSSR count). The Morgan fingerprint density at radius 1 is 1.35 bits per heavy atom. The van der Waals surface area contributed by atoms with Crippen molar-refractivity contribution >= 4 is 5.91 Å². The van der Waals surface area contributed by atoms with Gasteiger partial charge >= 0.3 is 0 Å². The second-order valence-corrected chi connectivity index (χ2v) is 5.97. The first-order chi connectivity index (χ1) is 9.65. The summed E-state index contributed by atoms with van der Waals surface area (Å²) in [7, 11) is 0. The normalized spacial score (nSPS) is 18.4. The number of ether oxygens (including phenoxy) is 1. The number of hydrogen-bond acceptors (Lipinski definition) is 2. The van der Waals surface area contributed by atoms with Crippen LogP contribution in [-0.4, -0.2) is 25.2 Å². The Hall–Kier alpha value is -1.35. The number of carbonyl (C=O) groups excluding carboxylic acids is 1. The molecule has 1 aromatic carbocycles. The molecular formula is C17H25NO2. The number of carbonyl (C=O) groups is 1. The summed E-state index contributed by atoms with van der Waals surface area (Å²) >= 11 is 0. The zero-order chi connectivity index (χ0) is 14.4. The lowest BCUT2D eigenvalue weighted by Gasteiger charge is -2.11. The lowest BCUT2D eigenvalue weighted by molar-refractivity contribution is 0.0858. The van der Waals surface area contributed by atoms with E-state index < -0.39 is 0 Å². The van der Waals surface area contributed by atoms with Crippen molar-refractivity contribution in [3.63, 3.8) is 0 Å². The number of nitrogens with one attached hydrogen (secondary N) is 1. The lowest BCUT2D eigenvalue weighted by Crippen LogP contribution is -2.31. The molecule has 1 fully saturated rings. The fourth-order valence-electron chi connectivity index (χ4n) is 2.39. The van der Waals surface area contributed by atoms with Crippen LogP contribution in [0.15, 0.2) is 24.3 Å². The van der Waals surface area contributed by atoms with Crippen molar-refractivity contribution in [2.24, 2.45) is 5.92 Å². The van der Waals surface area contributed by atoms with E-state index in [-0.39, 0.29) is 12.0 Å². The maximum absolute atomic E-state index is 12.0. The van der Waals surface area contributed by atoms with Gasteiger partial charge in [0.1, 0.15) is 0 Å². The molecule has 1 heterocycles. The smallest absolute Gasteiger partial charge is 0.251 e. The minimum atomic E-state index is -0.00379. The third kappa shape index (κ3) is 4.64. The van der Waals surface area contributed by atoms with E-state index in [4.69, 9.17) is 4.74 Å². The van der Waals surface area contributed by atoms with E-state index in [2.05, 4.69) is 31.3 Å². The quantitative estimate of drug-likeness (QED) is 0.866. The van der Waals surface area contributed by atoms with Crippen molar-refractivity contribution in [1.82, 2.24) is 5.32 Å². The average molecular weight is 275 g/mol. The Labute approximate surface area is 121 Å². The maximum Gasteiger partial charge on any atom is 0.251 e. The van der Waals surface area contributed by atoms with Crippen LogP contribution < -0.4 is 5.32 Å². The van der Waals surface area contributed by atoms with Gasteiger partial charge in [-0.2, -0.15) is 0 Å². The molecule has 0 aliphatic carbocycles. The minimum absolute atomic E-state index is 0.00379. The van der Waals surface area contributed by atoms with Crippen LogP contribution in [0.25, 0.3) is 0 Å². The Morgan fingerprint density at radius 2 is 2.10 bits per heavy atom. The van der Waals surface area contributed by atoms with Gasteiger partial charge in [-0.25, -0.2) is 0 Å². The van der Waals surface area contributed by atoms with Crippen LogP contribution >= 0.6 is 0 Å². The van der Waals surface area contributed by atoms with E-state index in [0.717, 1.165) is 31.4 Å². The molecule has 1 unspecified atom stereocenters. The summed E-state index contributed by atoms with van der Waals surface area (Å²) in [6.07, 6.45) is 4.61. The fraction of sp³-hybridized carbons (Fsp3) is 0.588. The summed E-state index contributed by atoms with van der Waals surface area (Å²) in [4.78, 5) is 12.0. The summed E-state index contributed by atoms with van der Waals surface area (Å²) in [6, 6.07) is 7.95. The molecule has 0 radical (unpaired) electrons. The highest BCUT2D eigenvalue weighted by Gasteiger charge is 2.16. The third-order valence-electron chi connectivity index (χ3n) is 3.74. The molecule has 0 aromatic heterocycles. The number of benzene rings is 1. The van der Waals surface area contributed by atoms with E-state index in [1.807, 2.05) is 12.1 Å². The van der Waals surface area contributed by atoms with E-state index in [9.17, 15) is 4.79 Å². The van der Waals surface area contributed by atoms with Crippen LogP contribution in [0.4, 0.5) is 0 Å². The monoisotopic (exact) mass is 275 g/mol. The highest BCUT2D eigenvalue weighted by atomic mass is 16.5. The summed E-state index contributed by atoms with van der Waals surface area (Å²) in [5.74, 6) is 0.709. The van der Waals surface area contributed by atoms with Crippen LogP contribution in [0.1, 0.15) is 49.0 Å². The number of hydrogen-bond donors (Lipinski definition) is 1. The molecule has 1 N–H and O–H groups in total. The molecular weight excluding hydrogens is 250 g/mol. The Morgan fingerprint density at radius 3 is 2.70 bits per heavy atom. The standard InChI is InChI=1S/C17H25NO2/c1-13(2)5-6-14-7-9-15(10-8-14)17(19)18-12-16-4-3-11-20-16/h7-10,13,16H,3-6,11-12H2,1-2H3,(H,18,19). The van der Waals surface area contributed by atoms with Gasteiger partial charge in [0.05, 0.1) is 6.10 Å². The molecule has 1 aliphatic rings. The van der Waals surface area contributed by atoms with Crippen molar-refractivity contribution in [3.8, 4) is 0 Å². The van der Waals surface area contributed by atoms with Crippen LogP contribution in [0, 0.1) is 5.92 Å². The summed E-state index contributed by atoms with van der Waals surface area (Å²) in [5.41, 5.74) is 2.03. The zero-order valence-corrected chi connectivity index (χ0v) is 12.5. The summed E-state index contributed by atoms with van der Waals surface area (Å²) in [6.45, 7) is 5.90. The molecule has 1 amide bonds. The molecule has 3 nitrogen and oxygen atoms in total. The first-order valence-electron chi connectivity index (χ1n) is 7.64. The van der Waals surface area contributed by atoms with Crippen LogP contribution in [0.3, 0.4) is 0 Å². The number of amides is 1. The van der Waals surface area contributed by atoms with Gasteiger partial charge in [0.15, 0.2) is 0 Å². The Kier molecular flexibility index (Phi) is 5.60. The molecule has 0 bridgehead atoms. The molecule has 0 spiro atoms. The molecule has 1 aromatic rings. The largest absolute Gasteiger partial charge is 0.376 e. The zero-order valence-electron chi connectivity index (χ0n) is 12.5. The minimum Gasteiger partial charge on any atom is -0.376 e. The first-order valence-corrected chi connectivity index (χ1v) is 7.64. The van der Waals surface area contributed by atoms with Crippen LogP contribution in [-0.2, 0) is 11.2 Å². The topological polar surface area (TPSA) is 38.3 Å². The van der Waals surface area contributed by atoms with E-state index in [1.165, 1.54) is 12.0 Å². The van der Waals surface area contributed by atoms with E-state index in [0.29, 0.717) is 12.5 Å². The molecule has 1 atom stereocenters. The predicted molar refractivity (Wildman–Crippen MR) is 80.9 cm³/mol. The highest BCUT2D eigenvalue weighted by Crippen LogP contribution is 2.12. The molecule has 3 heteroatoms. The van der Waals surface area contributed by atoms with Gasteiger partial charge in [-0.1, -0.05) is 26.0 Å². The number of rotatable bonds is 6. The van der Waals surface area contributed by atoms with E-state index in [1.54, 1.807) is 0 Å². The van der Waals surface area contributed by atoms with Crippen LogP contribution in [0.2, 0.25) is 0 Å². The van der Waals surface area contributed by atoms with Gasteiger partial charge in [-0.15, -0.1) is 0 Å². The predicted octanol–water partition coefficient (Wildman–Crippen LogP) is 3.18. The van der Waals surface area contributed by atoms with Gasteiger partial charge in [0.2, 0.25) is 0 Å². The number of aryl methyl sites for hydroxylation is 1. The van der Waals surface area contributed by atoms with Gasteiger partial charge in [0.25, 0.3) is 5.91 Å².